The van der Waals surface area contributed by atoms with Crippen LogP contribution >= 0.6 is 0 Å². The Morgan fingerprint density at radius 1 is 1.57 bits per heavy atom. The van der Waals surface area contributed by atoms with Crippen LogP contribution < -0.4 is 0 Å². The van der Waals surface area contributed by atoms with Gasteiger partial charge in [0.05, 0.1) is 0 Å². The third kappa shape index (κ3) is 11.0. The van der Waals surface area contributed by atoms with Crippen molar-refractivity contribution in [1.82, 2.24) is 0 Å². The van der Waals surface area contributed by atoms with Crippen LogP contribution in [0.5, 0.6) is 0 Å². The normalized spacial score (nSPS) is 23.6. The van der Waals surface area contributed by atoms with Crippen LogP contribution in [0.3, 0.4) is 0 Å². The van der Waals surface area contributed by atoms with Gasteiger partial charge >= 0.3 is 0 Å². The van der Waals surface area contributed by atoms with Gasteiger partial charge in [-0.15, -0.1) is 0 Å². The van der Waals surface area contributed by atoms with Gasteiger partial charge in [0, 0.05) is 32.7 Å². The molecule has 0 aromatic carbocycles. The molecule has 0 aromatic heterocycles. The van der Waals surface area contributed by atoms with Gasteiger partial charge in [0.15, 0.2) is 0 Å². The summed E-state index contributed by atoms with van der Waals surface area (Å²) in [7, 11) is 0. The predicted octanol–water partition coefficient (Wildman–Crippen LogP) is 2.07. The van der Waals surface area contributed by atoms with Crippen LogP contribution in [0.1, 0.15) is 20.3 Å². The van der Waals surface area contributed by atoms with E-state index in [-0.39, 0.29) is 32.7 Å². The fourth-order valence-corrected chi connectivity index (χ4v) is 0.136. The van der Waals surface area contributed by atoms with E-state index in [2.05, 4.69) is 20.3 Å². The van der Waals surface area contributed by atoms with Crippen LogP contribution in [0.25, 0.3) is 0 Å². The second-order valence-electron chi connectivity index (χ2n) is 1.45. The second-order valence-corrected chi connectivity index (χ2v) is 1.45. The summed E-state index contributed by atoms with van der Waals surface area (Å²) in [5.74, 6) is 0.958. The van der Waals surface area contributed by atoms with E-state index in [1.807, 2.05) is 0 Å². The van der Waals surface area contributed by atoms with Gasteiger partial charge in [-0.25, -0.2) is 6.42 Å². The molecule has 1 unspecified atom stereocenters. The van der Waals surface area contributed by atoms with E-state index in [0.717, 1.165) is 5.92 Å². The van der Waals surface area contributed by atoms with Crippen LogP contribution in [-0.2, 0) is 32.7 Å². The molecule has 0 aromatic rings. The summed E-state index contributed by atoms with van der Waals surface area (Å²) in [6, 6.07) is 0. The molecule has 1 rings (SSSR count). The summed E-state index contributed by atoms with van der Waals surface area (Å²) in [4.78, 5) is 0. The standard InChI is InChI=1S/C4H7.C2H5.Y/c1-4-2-3-4;1-2;/h2,4H,3H2,1H3;1H2,2H3;/q2*-1;. The molecule has 1 fully saturated rings. The maximum absolute atomic E-state index is 3.25. The second kappa shape index (κ2) is 7.10. The zero-order valence-corrected chi connectivity index (χ0v) is 7.98. The summed E-state index contributed by atoms with van der Waals surface area (Å²) >= 11 is 0. The first kappa shape index (κ1) is 11.0. The van der Waals surface area contributed by atoms with E-state index in [1.54, 1.807) is 6.92 Å². The molecular formula is C6H12Y-2. The first-order valence-electron chi connectivity index (χ1n) is 2.43. The van der Waals surface area contributed by atoms with E-state index in [1.165, 1.54) is 6.42 Å². The van der Waals surface area contributed by atoms with E-state index in [9.17, 15) is 0 Å². The van der Waals surface area contributed by atoms with E-state index in [4.69, 9.17) is 0 Å². The van der Waals surface area contributed by atoms with E-state index in [0.29, 0.717) is 0 Å². The number of hydrogen-bond acceptors (Lipinski definition) is 0. The Bertz CT molecular complexity index is 23.4. The fraction of sp³-hybridized carbons (Fsp3) is 0.667. The minimum absolute atomic E-state index is 0. The molecule has 1 saturated carbocycles. The fourth-order valence-electron chi connectivity index (χ4n) is 0.136. The van der Waals surface area contributed by atoms with Gasteiger partial charge in [-0.3, -0.25) is 0 Å². The molecule has 0 spiro atoms. The minimum atomic E-state index is 0. The first-order chi connectivity index (χ1) is 2.89. The van der Waals surface area contributed by atoms with Crippen LogP contribution in [0.15, 0.2) is 0 Å². The topological polar surface area (TPSA) is 0 Å². The predicted molar refractivity (Wildman–Crippen MR) is 29.1 cm³/mol. The van der Waals surface area contributed by atoms with Gasteiger partial charge in [0.1, 0.15) is 0 Å². The zero-order valence-electron chi connectivity index (χ0n) is 5.15. The van der Waals surface area contributed by atoms with Crippen molar-refractivity contribution in [3.8, 4) is 0 Å². The maximum atomic E-state index is 3.25. The van der Waals surface area contributed by atoms with Crippen molar-refractivity contribution in [2.75, 3.05) is 0 Å². The van der Waals surface area contributed by atoms with Gasteiger partial charge in [0.25, 0.3) is 0 Å². The SMILES string of the molecule is CC1[CH-]C1.[CH2-]C.[Y]. The van der Waals surface area contributed by atoms with Crippen molar-refractivity contribution in [3.05, 3.63) is 13.3 Å². The molecule has 1 aliphatic rings. The summed E-state index contributed by atoms with van der Waals surface area (Å²) in [6.07, 6.45) is 3.65. The summed E-state index contributed by atoms with van der Waals surface area (Å²) < 4.78 is 0. The van der Waals surface area contributed by atoms with Crippen molar-refractivity contribution in [2.45, 2.75) is 20.3 Å². The molecule has 7 heavy (non-hydrogen) atoms. The van der Waals surface area contributed by atoms with E-state index >= 15 is 0 Å². The van der Waals surface area contributed by atoms with E-state index < -0.39 is 0 Å². The van der Waals surface area contributed by atoms with Crippen LogP contribution in [-0.4, -0.2) is 0 Å². The molecule has 0 bridgehead atoms. The first-order valence-corrected chi connectivity index (χ1v) is 2.43. The molecule has 0 N–H and O–H groups in total. The number of hydrogen-bond donors (Lipinski definition) is 0. The van der Waals surface area contributed by atoms with Crippen molar-refractivity contribution >= 4 is 0 Å². The Kier molecular flexibility index (Phi) is 11.1. The summed E-state index contributed by atoms with van der Waals surface area (Å²) in [5, 5.41) is 0. The molecule has 0 nitrogen and oxygen atoms in total. The van der Waals surface area contributed by atoms with Crippen LogP contribution in [0.2, 0.25) is 0 Å². The quantitative estimate of drug-likeness (QED) is 0.492. The summed E-state index contributed by atoms with van der Waals surface area (Å²) in [6.45, 7) is 7.22. The van der Waals surface area contributed by atoms with Gasteiger partial charge in [-0.1, -0.05) is 6.92 Å². The molecular weight excluding hydrogens is 161 g/mol. The number of rotatable bonds is 0. The average molecular weight is 173 g/mol. The Morgan fingerprint density at radius 3 is 1.71 bits per heavy atom. The molecule has 0 aliphatic heterocycles. The monoisotopic (exact) mass is 173 g/mol. The molecule has 1 aliphatic carbocycles. The summed E-state index contributed by atoms with van der Waals surface area (Å²) in [5.41, 5.74) is 0. The maximum Gasteiger partial charge on any atom is 0 e. The molecule has 0 saturated heterocycles. The van der Waals surface area contributed by atoms with Crippen molar-refractivity contribution in [3.63, 3.8) is 0 Å². The zero-order chi connectivity index (χ0) is 4.99. The Labute approximate surface area is 71.9 Å². The van der Waals surface area contributed by atoms with Crippen molar-refractivity contribution in [1.29, 1.82) is 0 Å². The van der Waals surface area contributed by atoms with Crippen molar-refractivity contribution in [2.24, 2.45) is 5.92 Å². The largest absolute Gasteiger partial charge is 0.346 e. The van der Waals surface area contributed by atoms with Gasteiger partial charge in [-0.2, -0.15) is 12.8 Å². The Morgan fingerprint density at radius 2 is 1.71 bits per heavy atom. The van der Waals surface area contributed by atoms with Crippen molar-refractivity contribution < 1.29 is 32.7 Å². The molecule has 1 heteroatoms. The molecule has 1 atom stereocenters. The van der Waals surface area contributed by atoms with Gasteiger partial charge < -0.3 is 13.3 Å². The third-order valence-electron chi connectivity index (χ3n) is 0.707. The molecule has 0 heterocycles. The Balaban J connectivity index is 0. The van der Waals surface area contributed by atoms with Gasteiger partial charge in [0.2, 0.25) is 0 Å². The molecule has 0 amide bonds. The van der Waals surface area contributed by atoms with Crippen LogP contribution in [0, 0.1) is 19.3 Å². The smallest absolute Gasteiger partial charge is 0 e. The minimum Gasteiger partial charge on any atom is -0.346 e. The molecule has 1 radical (unpaired) electrons. The van der Waals surface area contributed by atoms with Gasteiger partial charge in [-0.05, 0) is 0 Å². The Hall–Kier alpha value is 1.10. The average Bonchev–Trinajstić information content (AvgIpc) is 2.30. The van der Waals surface area contributed by atoms with Crippen LogP contribution in [0.4, 0.5) is 0 Å². The molecule has 41 valence electrons. The third-order valence-corrected chi connectivity index (χ3v) is 0.707.